The maximum atomic E-state index is 11.6. The summed E-state index contributed by atoms with van der Waals surface area (Å²) in [5, 5.41) is 53.9. The van der Waals surface area contributed by atoms with Gasteiger partial charge in [-0.3, -0.25) is 0 Å². The summed E-state index contributed by atoms with van der Waals surface area (Å²) in [6, 6.07) is 0. The van der Waals surface area contributed by atoms with E-state index in [-0.39, 0.29) is 42.5 Å². The van der Waals surface area contributed by atoms with Gasteiger partial charge in [-0.25, -0.2) is 14.6 Å². The Bertz CT molecular complexity index is 1420. The van der Waals surface area contributed by atoms with Crippen molar-refractivity contribution in [2.45, 2.75) is 203 Å². The van der Waals surface area contributed by atoms with Crippen molar-refractivity contribution in [1.82, 2.24) is 0 Å². The number of carboxylic acid groups (broad SMARTS) is 1. The SMILES string of the molecule is C=C1[C@@H](O)[C@@H]2O[C@]3(CC[C@H](/C=C/[C@@H](C)[C@@H]4CC(C)=C[C@@]5(O[C@H](C[C@@](C)(O)C(=O)O)CC[C@H]5O)O4)O3)CC[C@H]2O[C@@H]1[C@@H](O)C[C@H](C)[C@H]1OOCCCCCC[C@H]1C. The molecule has 0 bridgehead atoms. The quantitative estimate of drug-likeness (QED) is 0.140. The Hall–Kier alpha value is -1.75. The van der Waals surface area contributed by atoms with Gasteiger partial charge in [0, 0.05) is 25.2 Å². The molecule has 0 aromatic heterocycles. The lowest BCUT2D eigenvalue weighted by Crippen LogP contribution is -2.60. The van der Waals surface area contributed by atoms with E-state index in [2.05, 4.69) is 26.5 Å². The number of rotatable bonds is 10. The molecule has 6 aliphatic rings. The number of fused-ring (bicyclic) bond motifs is 1. The molecular weight excluding hydrogens is 724 g/mol. The van der Waals surface area contributed by atoms with Crippen LogP contribution in [0.25, 0.3) is 0 Å². The van der Waals surface area contributed by atoms with Crippen LogP contribution in [0.15, 0.2) is 36.0 Å². The van der Waals surface area contributed by atoms with Crippen LogP contribution < -0.4 is 0 Å². The van der Waals surface area contributed by atoms with Crippen LogP contribution in [0.1, 0.15) is 125 Å². The molecule has 6 heterocycles. The van der Waals surface area contributed by atoms with E-state index >= 15 is 0 Å². The minimum Gasteiger partial charge on any atom is -0.479 e. The van der Waals surface area contributed by atoms with Crippen molar-refractivity contribution in [3.8, 4) is 0 Å². The Labute approximate surface area is 332 Å². The van der Waals surface area contributed by atoms with E-state index in [1.165, 1.54) is 13.3 Å². The Kier molecular flexibility index (Phi) is 14.3. The molecule has 5 fully saturated rings. The van der Waals surface area contributed by atoms with E-state index < -0.39 is 65.9 Å². The molecule has 0 saturated carbocycles. The van der Waals surface area contributed by atoms with Gasteiger partial charge in [-0.1, -0.05) is 64.3 Å². The molecule has 5 N–H and O–H groups in total. The second-order valence-corrected chi connectivity index (χ2v) is 18.1. The van der Waals surface area contributed by atoms with Gasteiger partial charge in [-0.2, -0.15) is 0 Å². The summed E-state index contributed by atoms with van der Waals surface area (Å²) in [5.41, 5.74) is -0.565. The summed E-state index contributed by atoms with van der Waals surface area (Å²) >= 11 is 0. The van der Waals surface area contributed by atoms with E-state index in [1.807, 2.05) is 19.9 Å². The van der Waals surface area contributed by atoms with Crippen molar-refractivity contribution in [2.75, 3.05) is 6.61 Å². The van der Waals surface area contributed by atoms with Gasteiger partial charge in [-0.05, 0) is 88.7 Å². The molecule has 16 atom stereocenters. The van der Waals surface area contributed by atoms with Crippen LogP contribution in [0.3, 0.4) is 0 Å². The highest BCUT2D eigenvalue weighted by Gasteiger charge is 2.54. The van der Waals surface area contributed by atoms with E-state index in [9.17, 15) is 30.3 Å². The predicted molar refractivity (Wildman–Crippen MR) is 205 cm³/mol. The van der Waals surface area contributed by atoms with Crippen LogP contribution in [0, 0.1) is 17.8 Å². The van der Waals surface area contributed by atoms with Crippen LogP contribution in [0.2, 0.25) is 0 Å². The lowest BCUT2D eigenvalue weighted by molar-refractivity contribution is -0.344. The summed E-state index contributed by atoms with van der Waals surface area (Å²) < 4.78 is 32.3. The first-order valence-electron chi connectivity index (χ1n) is 21.2. The second kappa shape index (κ2) is 18.3. The monoisotopic (exact) mass is 792 g/mol. The zero-order valence-corrected chi connectivity index (χ0v) is 34.1. The first kappa shape index (κ1) is 43.8. The third-order valence-corrected chi connectivity index (χ3v) is 13.2. The molecule has 318 valence electrons. The highest BCUT2D eigenvalue weighted by molar-refractivity contribution is 5.76. The minimum absolute atomic E-state index is 0.00357. The van der Waals surface area contributed by atoms with Gasteiger partial charge in [0.15, 0.2) is 11.4 Å². The Morgan fingerprint density at radius 1 is 1.04 bits per heavy atom. The maximum Gasteiger partial charge on any atom is 0.335 e. The summed E-state index contributed by atoms with van der Waals surface area (Å²) in [7, 11) is 0. The molecule has 13 heteroatoms. The fourth-order valence-electron chi connectivity index (χ4n) is 9.74. The van der Waals surface area contributed by atoms with Crippen molar-refractivity contribution < 1.29 is 63.8 Å². The zero-order valence-electron chi connectivity index (χ0n) is 34.1. The number of hydrogen-bond donors (Lipinski definition) is 5. The highest BCUT2D eigenvalue weighted by atomic mass is 17.2. The van der Waals surface area contributed by atoms with Gasteiger partial charge in [0.25, 0.3) is 0 Å². The number of aliphatic carboxylic acids is 1. The molecule has 0 aliphatic carbocycles. The Balaban J connectivity index is 1.02. The fraction of sp³-hybridized carbons (Fsp3) is 0.837. The van der Waals surface area contributed by atoms with E-state index in [1.54, 1.807) is 6.08 Å². The third-order valence-electron chi connectivity index (χ3n) is 13.2. The topological polar surface area (TPSA) is 183 Å². The zero-order chi connectivity index (χ0) is 40.4. The molecule has 0 aromatic rings. The molecule has 0 aromatic carbocycles. The number of hydrogen-bond acceptors (Lipinski definition) is 12. The van der Waals surface area contributed by atoms with Crippen molar-refractivity contribution >= 4 is 5.97 Å². The van der Waals surface area contributed by atoms with Gasteiger partial charge in [0.05, 0.1) is 43.2 Å². The largest absolute Gasteiger partial charge is 0.479 e. The number of aliphatic hydroxyl groups is 4. The van der Waals surface area contributed by atoms with Gasteiger partial charge in [-0.15, -0.1) is 0 Å². The molecule has 0 unspecified atom stereocenters. The van der Waals surface area contributed by atoms with Crippen molar-refractivity contribution in [3.05, 3.63) is 36.0 Å². The molecular formula is C43H68O13. The standard InChI is InChI=1S/C43H68O13/c1-25-21-34(54-43(23-25)35(45)15-14-31(53-43)24-41(6,49)40(47)48)26(2)12-13-30-16-18-42(52-30)19-17-33-39(55-42)36(46)29(5)38(51-33)32(44)22-28(4)37-27(3)11-9-7-8-10-20-50-56-37/h12-13,23,26-28,30-39,44-46,49H,5,7-11,14-22,24H2,1-4,6H3,(H,47,48)/b13-12+/t26-,27-,28+,30+,31+,32+,33-,34+,35-,36-,37+,38+,39-,41-,42-,43-/m1/s1. The first-order chi connectivity index (χ1) is 26.5. The van der Waals surface area contributed by atoms with Crippen LogP contribution >= 0.6 is 0 Å². The lowest BCUT2D eigenvalue weighted by atomic mass is 9.81. The molecule has 13 nitrogen and oxygen atoms in total. The number of aliphatic hydroxyl groups excluding tert-OH is 3. The van der Waals surface area contributed by atoms with Crippen molar-refractivity contribution in [1.29, 1.82) is 0 Å². The molecule has 0 radical (unpaired) electrons. The summed E-state index contributed by atoms with van der Waals surface area (Å²) in [4.78, 5) is 23.0. The van der Waals surface area contributed by atoms with Crippen molar-refractivity contribution in [3.63, 3.8) is 0 Å². The number of carboxylic acids is 1. The summed E-state index contributed by atoms with van der Waals surface area (Å²) in [6.45, 7) is 14.2. The minimum atomic E-state index is -1.96. The smallest absolute Gasteiger partial charge is 0.335 e. The number of carbonyl (C=O) groups is 1. The lowest BCUT2D eigenvalue weighted by Gasteiger charge is -2.49. The average Bonchev–Trinajstić information content (AvgIpc) is 3.54. The van der Waals surface area contributed by atoms with Crippen LogP contribution in [-0.2, 0) is 38.3 Å². The summed E-state index contributed by atoms with van der Waals surface area (Å²) in [5.74, 6) is -3.43. The molecule has 0 amide bonds. The third kappa shape index (κ3) is 9.98. The van der Waals surface area contributed by atoms with E-state index in [0.29, 0.717) is 57.1 Å². The van der Waals surface area contributed by atoms with E-state index in [4.69, 9.17) is 33.5 Å². The van der Waals surface area contributed by atoms with Crippen LogP contribution in [-0.4, -0.2) is 116 Å². The van der Waals surface area contributed by atoms with Gasteiger partial charge >= 0.3 is 5.97 Å². The highest BCUT2D eigenvalue weighted by Crippen LogP contribution is 2.46. The molecule has 2 spiro atoms. The van der Waals surface area contributed by atoms with Crippen LogP contribution in [0.5, 0.6) is 0 Å². The second-order valence-electron chi connectivity index (χ2n) is 18.1. The maximum absolute atomic E-state index is 11.6. The first-order valence-corrected chi connectivity index (χ1v) is 21.2. The molecule has 6 rings (SSSR count). The normalized spacial score (nSPS) is 42.8. The average molecular weight is 793 g/mol. The molecule has 56 heavy (non-hydrogen) atoms. The Morgan fingerprint density at radius 3 is 2.55 bits per heavy atom. The van der Waals surface area contributed by atoms with Gasteiger partial charge < -0.3 is 49.2 Å². The predicted octanol–water partition coefficient (Wildman–Crippen LogP) is 5.42. The Morgan fingerprint density at radius 2 is 1.79 bits per heavy atom. The van der Waals surface area contributed by atoms with Gasteiger partial charge in [0.1, 0.15) is 24.4 Å². The van der Waals surface area contributed by atoms with Gasteiger partial charge in [0.2, 0.25) is 5.79 Å². The van der Waals surface area contributed by atoms with Crippen LogP contribution in [0.4, 0.5) is 0 Å². The van der Waals surface area contributed by atoms with E-state index in [0.717, 1.165) is 37.7 Å². The number of ether oxygens (including phenoxy) is 5. The summed E-state index contributed by atoms with van der Waals surface area (Å²) in [6.07, 6.45) is 9.63. The molecule has 6 aliphatic heterocycles. The van der Waals surface area contributed by atoms with Crippen molar-refractivity contribution in [2.24, 2.45) is 17.8 Å². The molecule has 5 saturated heterocycles. The fourth-order valence-corrected chi connectivity index (χ4v) is 9.74.